The highest BCUT2D eigenvalue weighted by Gasteiger charge is 2.32. The molecule has 0 aromatic heterocycles. The minimum Gasteiger partial charge on any atom is -0.508 e. The quantitative estimate of drug-likeness (QED) is 0.861. The first-order valence-corrected chi connectivity index (χ1v) is 5.60. The fraction of sp³-hybridized carbons (Fsp3) is 0.364. The normalized spacial score (nSPS) is 13.5. The maximum atomic E-state index is 12.4. The van der Waals surface area contributed by atoms with E-state index >= 15 is 0 Å². The number of aldehydes is 1. The van der Waals surface area contributed by atoms with Gasteiger partial charge >= 0.3 is 6.18 Å². The van der Waals surface area contributed by atoms with Crippen LogP contribution in [0.15, 0.2) is 16.6 Å². The Bertz CT molecular complexity index is 406. The Morgan fingerprint density at radius 2 is 2.06 bits per heavy atom. The molecule has 0 radical (unpaired) electrons. The summed E-state index contributed by atoms with van der Waals surface area (Å²) in [5.74, 6) is -0.801. The molecule has 94 valence electrons. The fourth-order valence-electron chi connectivity index (χ4n) is 1.52. The summed E-state index contributed by atoms with van der Waals surface area (Å²) in [5.41, 5.74) is -0.617. The number of halogens is 4. The summed E-state index contributed by atoms with van der Waals surface area (Å²) >= 11 is 2.99. The van der Waals surface area contributed by atoms with Gasteiger partial charge in [-0.25, -0.2) is 0 Å². The Morgan fingerprint density at radius 1 is 1.47 bits per heavy atom. The first-order chi connectivity index (χ1) is 7.77. The summed E-state index contributed by atoms with van der Waals surface area (Å²) in [4.78, 5) is 10.4. The lowest BCUT2D eigenvalue weighted by atomic mass is 9.96. The van der Waals surface area contributed by atoms with Gasteiger partial charge in [-0.3, -0.25) is 0 Å². The van der Waals surface area contributed by atoms with E-state index in [1.807, 2.05) is 0 Å². The van der Waals surface area contributed by atoms with E-state index in [1.54, 1.807) is 6.92 Å². The molecule has 0 spiro atoms. The lowest BCUT2D eigenvalue weighted by Gasteiger charge is -2.16. The molecule has 1 rings (SSSR count). The minimum absolute atomic E-state index is 0.136. The lowest BCUT2D eigenvalue weighted by Crippen LogP contribution is -2.06. The van der Waals surface area contributed by atoms with Crippen molar-refractivity contribution in [2.24, 2.45) is 0 Å². The Kier molecular flexibility index (Phi) is 4.19. The molecule has 0 saturated carbocycles. The van der Waals surface area contributed by atoms with Gasteiger partial charge in [-0.1, -0.05) is 22.9 Å². The van der Waals surface area contributed by atoms with E-state index in [2.05, 4.69) is 15.9 Å². The summed E-state index contributed by atoms with van der Waals surface area (Å²) in [5, 5.41) is 9.59. The van der Waals surface area contributed by atoms with Gasteiger partial charge in [-0.15, -0.1) is 0 Å². The van der Waals surface area contributed by atoms with Gasteiger partial charge in [0, 0.05) is 16.5 Å². The molecule has 2 nitrogen and oxygen atoms in total. The van der Waals surface area contributed by atoms with Crippen LogP contribution in [0.25, 0.3) is 0 Å². The number of hydrogen-bond acceptors (Lipinski definition) is 2. The number of rotatable bonds is 3. The zero-order valence-corrected chi connectivity index (χ0v) is 10.5. The third kappa shape index (κ3) is 3.21. The van der Waals surface area contributed by atoms with Crippen LogP contribution in [-0.4, -0.2) is 11.4 Å². The minimum atomic E-state index is -4.51. The second kappa shape index (κ2) is 5.08. The molecule has 0 heterocycles. The topological polar surface area (TPSA) is 37.3 Å². The van der Waals surface area contributed by atoms with Crippen LogP contribution in [0, 0.1) is 0 Å². The molecule has 0 bridgehead atoms. The van der Waals surface area contributed by atoms with Crippen LogP contribution in [0.3, 0.4) is 0 Å². The molecule has 1 unspecified atom stereocenters. The molecule has 0 aliphatic rings. The van der Waals surface area contributed by atoms with Crippen molar-refractivity contribution in [3.8, 4) is 5.75 Å². The third-order valence-corrected chi connectivity index (χ3v) is 3.03. The predicted molar refractivity (Wildman–Crippen MR) is 59.9 cm³/mol. The fourth-order valence-corrected chi connectivity index (χ4v) is 2.36. The van der Waals surface area contributed by atoms with Crippen molar-refractivity contribution in [3.05, 3.63) is 27.7 Å². The van der Waals surface area contributed by atoms with Crippen molar-refractivity contribution >= 4 is 22.2 Å². The first kappa shape index (κ1) is 14.0. The molecule has 17 heavy (non-hydrogen) atoms. The van der Waals surface area contributed by atoms with Crippen LogP contribution in [0.1, 0.15) is 30.4 Å². The molecule has 1 N–H and O–H groups in total. The zero-order chi connectivity index (χ0) is 13.2. The summed E-state index contributed by atoms with van der Waals surface area (Å²) in [6.45, 7) is 1.65. The molecular formula is C11H10BrF3O2. The van der Waals surface area contributed by atoms with Gasteiger partial charge in [0.05, 0.1) is 5.56 Å². The highest BCUT2D eigenvalue weighted by molar-refractivity contribution is 9.10. The number of benzene rings is 1. The van der Waals surface area contributed by atoms with Crippen molar-refractivity contribution in [2.45, 2.75) is 25.4 Å². The molecule has 0 fully saturated rings. The van der Waals surface area contributed by atoms with E-state index in [4.69, 9.17) is 0 Å². The van der Waals surface area contributed by atoms with Crippen molar-refractivity contribution in [1.29, 1.82) is 0 Å². The average Bonchev–Trinajstić information content (AvgIpc) is 2.15. The Balaban J connectivity index is 3.24. The van der Waals surface area contributed by atoms with E-state index in [9.17, 15) is 23.1 Å². The molecule has 1 aromatic rings. The molecule has 6 heteroatoms. The van der Waals surface area contributed by atoms with Crippen LogP contribution in [-0.2, 0) is 11.0 Å². The van der Waals surface area contributed by atoms with Gasteiger partial charge in [0.25, 0.3) is 0 Å². The summed E-state index contributed by atoms with van der Waals surface area (Å²) in [7, 11) is 0. The number of carbonyl (C=O) groups is 1. The zero-order valence-electron chi connectivity index (χ0n) is 8.88. The van der Waals surface area contributed by atoms with Gasteiger partial charge < -0.3 is 9.90 Å². The van der Waals surface area contributed by atoms with Crippen LogP contribution >= 0.6 is 15.9 Å². The molecule has 1 atom stereocenters. The molecule has 1 aromatic carbocycles. The van der Waals surface area contributed by atoms with Gasteiger partial charge in [0.1, 0.15) is 12.0 Å². The molecule has 0 aliphatic heterocycles. The van der Waals surface area contributed by atoms with Gasteiger partial charge in [-0.05, 0) is 18.1 Å². The number of alkyl halides is 3. The Labute approximate surface area is 105 Å². The van der Waals surface area contributed by atoms with E-state index in [0.29, 0.717) is 17.9 Å². The van der Waals surface area contributed by atoms with Crippen LogP contribution in [0.5, 0.6) is 5.75 Å². The van der Waals surface area contributed by atoms with Crippen molar-refractivity contribution in [1.82, 2.24) is 0 Å². The average molecular weight is 311 g/mol. The van der Waals surface area contributed by atoms with Crippen molar-refractivity contribution in [3.63, 3.8) is 0 Å². The lowest BCUT2D eigenvalue weighted by molar-refractivity contribution is -0.137. The summed E-state index contributed by atoms with van der Waals surface area (Å²) in [6, 6.07) is 1.57. The molecule has 0 saturated heterocycles. The Morgan fingerprint density at radius 3 is 2.47 bits per heavy atom. The smallest absolute Gasteiger partial charge is 0.416 e. The molecule has 0 amide bonds. The second-order valence-electron chi connectivity index (χ2n) is 3.69. The van der Waals surface area contributed by atoms with Crippen molar-refractivity contribution in [2.75, 3.05) is 0 Å². The largest absolute Gasteiger partial charge is 0.508 e. The van der Waals surface area contributed by atoms with Crippen LogP contribution in [0.2, 0.25) is 0 Å². The number of phenols is 1. The maximum absolute atomic E-state index is 12.4. The Hall–Kier alpha value is -1.04. The summed E-state index contributed by atoms with van der Waals surface area (Å²) < 4.78 is 37.5. The van der Waals surface area contributed by atoms with Crippen LogP contribution in [0.4, 0.5) is 13.2 Å². The number of aromatic hydroxyl groups is 1. The first-order valence-electron chi connectivity index (χ1n) is 4.80. The van der Waals surface area contributed by atoms with Crippen LogP contribution < -0.4 is 0 Å². The van der Waals surface area contributed by atoms with E-state index in [1.165, 1.54) is 0 Å². The van der Waals surface area contributed by atoms with Gasteiger partial charge in [-0.2, -0.15) is 13.2 Å². The van der Waals surface area contributed by atoms with Gasteiger partial charge in [0.2, 0.25) is 0 Å². The summed E-state index contributed by atoms with van der Waals surface area (Å²) in [6.07, 6.45) is -3.71. The number of carbonyl (C=O) groups excluding carboxylic acids is 1. The van der Waals surface area contributed by atoms with E-state index < -0.39 is 17.5 Å². The predicted octanol–water partition coefficient (Wildman–Crippen LogP) is 3.87. The van der Waals surface area contributed by atoms with E-state index in [0.717, 1.165) is 6.07 Å². The SMILES string of the molecule is CC(CC=O)c1c(O)cc(C(F)(F)F)cc1Br. The standard InChI is InChI=1S/C11H10BrF3O2/c1-6(2-3-16)10-8(12)4-7(5-9(10)17)11(13,14)15/h3-6,17H,2H2,1H3. The highest BCUT2D eigenvalue weighted by atomic mass is 79.9. The monoisotopic (exact) mass is 310 g/mol. The third-order valence-electron chi connectivity index (χ3n) is 2.38. The van der Waals surface area contributed by atoms with E-state index in [-0.39, 0.29) is 16.8 Å². The second-order valence-corrected chi connectivity index (χ2v) is 4.55. The molecular weight excluding hydrogens is 301 g/mol. The van der Waals surface area contributed by atoms with Gasteiger partial charge in [0.15, 0.2) is 0 Å². The number of hydrogen-bond donors (Lipinski definition) is 1. The number of phenolic OH excluding ortho intramolecular Hbond substituents is 1. The highest BCUT2D eigenvalue weighted by Crippen LogP contribution is 2.40. The maximum Gasteiger partial charge on any atom is 0.416 e. The molecule has 0 aliphatic carbocycles. The van der Waals surface area contributed by atoms with Crippen molar-refractivity contribution < 1.29 is 23.1 Å².